The summed E-state index contributed by atoms with van der Waals surface area (Å²) in [4.78, 5) is 18.9. The first-order valence-corrected chi connectivity index (χ1v) is 15.0. The number of ether oxygens (including phenoxy) is 3. The molecule has 2 heterocycles. The minimum Gasteiger partial charge on any atom is -0.494 e. The van der Waals surface area contributed by atoms with Crippen LogP contribution in [-0.2, 0) is 21.7 Å². The van der Waals surface area contributed by atoms with Crippen molar-refractivity contribution in [3.63, 3.8) is 0 Å². The number of unbranched alkanes of at least 4 members (excludes halogenated alkanes) is 1. The number of aliphatic hydroxyl groups is 1. The Labute approximate surface area is 249 Å². The van der Waals surface area contributed by atoms with Gasteiger partial charge in [-0.15, -0.1) is 0 Å². The Morgan fingerprint density at radius 1 is 0.762 bits per heavy atom. The van der Waals surface area contributed by atoms with Crippen molar-refractivity contribution in [1.29, 1.82) is 0 Å². The summed E-state index contributed by atoms with van der Waals surface area (Å²) in [7, 11) is 1.71. The van der Waals surface area contributed by atoms with Gasteiger partial charge < -0.3 is 34.0 Å². The molecule has 0 saturated carbocycles. The minimum atomic E-state index is -0.824. The number of hydrogen-bond acceptors (Lipinski definition) is 7. The number of hydrogen-bond donors (Lipinski definition) is 1. The Balaban J connectivity index is 1.06. The largest absolute Gasteiger partial charge is 0.494 e. The third-order valence-corrected chi connectivity index (χ3v) is 8.32. The second-order valence-corrected chi connectivity index (χ2v) is 11.1. The molecule has 0 spiro atoms. The van der Waals surface area contributed by atoms with E-state index in [0.717, 1.165) is 68.2 Å². The van der Waals surface area contributed by atoms with E-state index >= 15 is 0 Å². The van der Waals surface area contributed by atoms with Gasteiger partial charge in [0.1, 0.15) is 12.4 Å². The molecule has 2 fully saturated rings. The molecule has 0 bridgehead atoms. The van der Waals surface area contributed by atoms with E-state index in [1.54, 1.807) is 12.0 Å². The molecule has 1 N–H and O–H groups in total. The van der Waals surface area contributed by atoms with Crippen molar-refractivity contribution in [3.8, 4) is 5.75 Å². The van der Waals surface area contributed by atoms with Crippen molar-refractivity contribution in [1.82, 2.24) is 4.90 Å². The van der Waals surface area contributed by atoms with E-state index in [-0.39, 0.29) is 6.09 Å². The van der Waals surface area contributed by atoms with Crippen molar-refractivity contribution in [3.05, 3.63) is 90.0 Å². The number of piperidine rings is 1. The Morgan fingerprint density at radius 3 is 1.98 bits per heavy atom. The molecule has 0 unspecified atom stereocenters. The first-order chi connectivity index (χ1) is 20.5. The predicted octanol–water partition coefficient (Wildman–Crippen LogP) is 5.44. The maximum atomic E-state index is 12.5. The fraction of sp³-hybridized carbons (Fsp3) is 0.441. The van der Waals surface area contributed by atoms with Crippen LogP contribution in [0, 0.1) is 0 Å². The van der Waals surface area contributed by atoms with Crippen LogP contribution in [0.5, 0.6) is 5.75 Å². The molecular weight excluding hydrogens is 530 g/mol. The molecule has 8 nitrogen and oxygen atoms in total. The van der Waals surface area contributed by atoms with E-state index < -0.39 is 5.60 Å². The number of anilines is 2. The fourth-order valence-electron chi connectivity index (χ4n) is 5.66. The standard InChI is InChI=1S/C34H43N3O5/c1-40-25-5-6-26-41-32-15-9-29(10-16-32)34(39)17-19-35(20-18-34)30-11-13-31(14-12-30)36-21-23-37(24-22-36)33(38)42-27-28-7-3-2-4-8-28/h2-4,7-16,39H,5-6,17-27H2,1H3. The molecular formula is C34H43N3O5. The highest BCUT2D eigenvalue weighted by molar-refractivity contribution is 5.68. The topological polar surface area (TPSA) is 74.7 Å². The van der Waals surface area contributed by atoms with Crippen LogP contribution in [0.4, 0.5) is 16.2 Å². The first kappa shape index (κ1) is 29.7. The van der Waals surface area contributed by atoms with Gasteiger partial charge in [-0.25, -0.2) is 4.79 Å². The van der Waals surface area contributed by atoms with Crippen molar-refractivity contribution in [2.75, 3.05) is 69.4 Å². The fourth-order valence-corrected chi connectivity index (χ4v) is 5.66. The van der Waals surface area contributed by atoms with Gasteiger partial charge in [-0.3, -0.25) is 0 Å². The molecule has 1 amide bonds. The van der Waals surface area contributed by atoms with Crippen LogP contribution < -0.4 is 14.5 Å². The summed E-state index contributed by atoms with van der Waals surface area (Å²) in [6.45, 7) is 6.12. The number of carbonyl (C=O) groups excluding carboxylic acids is 1. The molecule has 0 aliphatic carbocycles. The van der Waals surface area contributed by atoms with Crippen LogP contribution in [0.1, 0.15) is 36.8 Å². The third-order valence-electron chi connectivity index (χ3n) is 8.32. The highest BCUT2D eigenvalue weighted by Gasteiger charge is 2.34. The summed E-state index contributed by atoms with van der Waals surface area (Å²) >= 11 is 0. The predicted molar refractivity (Wildman–Crippen MR) is 165 cm³/mol. The van der Waals surface area contributed by atoms with Crippen LogP contribution in [0.3, 0.4) is 0 Å². The molecule has 224 valence electrons. The smallest absolute Gasteiger partial charge is 0.410 e. The summed E-state index contributed by atoms with van der Waals surface area (Å²) in [5, 5.41) is 11.4. The molecule has 2 saturated heterocycles. The van der Waals surface area contributed by atoms with Gasteiger partial charge in [0.25, 0.3) is 0 Å². The van der Waals surface area contributed by atoms with Crippen LogP contribution >= 0.6 is 0 Å². The Hall–Kier alpha value is -3.75. The van der Waals surface area contributed by atoms with E-state index in [9.17, 15) is 9.90 Å². The van der Waals surface area contributed by atoms with Crippen LogP contribution in [0.15, 0.2) is 78.9 Å². The van der Waals surface area contributed by atoms with Gasteiger partial charge >= 0.3 is 6.09 Å². The lowest BCUT2D eigenvalue weighted by Crippen LogP contribution is -2.49. The Kier molecular flexibility index (Phi) is 10.2. The zero-order valence-electron chi connectivity index (χ0n) is 24.6. The number of rotatable bonds is 11. The van der Waals surface area contributed by atoms with Crippen LogP contribution in [0.25, 0.3) is 0 Å². The first-order valence-electron chi connectivity index (χ1n) is 15.0. The second kappa shape index (κ2) is 14.4. The molecule has 8 heteroatoms. The van der Waals surface area contributed by atoms with E-state index in [1.807, 2.05) is 54.6 Å². The summed E-state index contributed by atoms with van der Waals surface area (Å²) in [5.41, 5.74) is 3.45. The minimum absolute atomic E-state index is 0.253. The molecule has 3 aromatic carbocycles. The normalized spacial score (nSPS) is 16.8. The number of carbonyl (C=O) groups is 1. The number of methoxy groups -OCH3 is 1. The summed E-state index contributed by atoms with van der Waals surface area (Å²) in [5.74, 6) is 0.835. The van der Waals surface area contributed by atoms with Gasteiger partial charge in [0.15, 0.2) is 0 Å². The highest BCUT2D eigenvalue weighted by atomic mass is 16.6. The summed E-state index contributed by atoms with van der Waals surface area (Å²) in [6, 6.07) is 26.3. The molecule has 0 atom stereocenters. The molecule has 0 aromatic heterocycles. The SMILES string of the molecule is COCCCCOc1ccc(C2(O)CCN(c3ccc(N4CCN(C(=O)OCc5ccccc5)CC4)cc3)CC2)cc1. The maximum absolute atomic E-state index is 12.5. The van der Waals surface area contributed by atoms with Gasteiger partial charge in [0, 0.05) is 64.4 Å². The molecule has 5 rings (SSSR count). The number of piperazine rings is 1. The molecule has 42 heavy (non-hydrogen) atoms. The lowest BCUT2D eigenvalue weighted by molar-refractivity contribution is 0.0117. The van der Waals surface area contributed by atoms with Crippen LogP contribution in [-0.4, -0.2) is 75.7 Å². The Morgan fingerprint density at radius 2 is 1.36 bits per heavy atom. The Bertz CT molecular complexity index is 1240. The van der Waals surface area contributed by atoms with Gasteiger partial charge in [-0.05, 0) is 73.2 Å². The van der Waals surface area contributed by atoms with E-state index in [1.165, 1.54) is 5.69 Å². The average Bonchev–Trinajstić information content (AvgIpc) is 3.05. The molecule has 0 radical (unpaired) electrons. The lowest BCUT2D eigenvalue weighted by atomic mass is 9.84. The third kappa shape index (κ3) is 7.75. The maximum Gasteiger partial charge on any atom is 0.410 e. The zero-order valence-corrected chi connectivity index (χ0v) is 24.6. The second-order valence-electron chi connectivity index (χ2n) is 11.1. The number of nitrogens with zero attached hydrogens (tertiary/aromatic N) is 3. The van der Waals surface area contributed by atoms with Gasteiger partial charge in [-0.2, -0.15) is 0 Å². The number of amides is 1. The highest BCUT2D eigenvalue weighted by Crippen LogP contribution is 2.35. The van der Waals surface area contributed by atoms with E-state index in [0.29, 0.717) is 39.1 Å². The summed E-state index contributed by atoms with van der Waals surface area (Å²) < 4.78 is 16.4. The molecule has 3 aromatic rings. The van der Waals surface area contributed by atoms with Crippen molar-refractivity contribution < 1.29 is 24.1 Å². The van der Waals surface area contributed by atoms with E-state index in [4.69, 9.17) is 14.2 Å². The molecule has 2 aliphatic rings. The summed E-state index contributed by atoms with van der Waals surface area (Å²) in [6.07, 6.45) is 3.04. The van der Waals surface area contributed by atoms with E-state index in [2.05, 4.69) is 34.1 Å². The van der Waals surface area contributed by atoms with Crippen LogP contribution in [0.2, 0.25) is 0 Å². The van der Waals surface area contributed by atoms with Gasteiger partial charge in [0.2, 0.25) is 0 Å². The quantitative estimate of drug-likeness (QED) is 0.306. The van der Waals surface area contributed by atoms with Gasteiger partial charge in [0.05, 0.1) is 12.2 Å². The zero-order chi connectivity index (χ0) is 29.2. The van der Waals surface area contributed by atoms with Crippen molar-refractivity contribution >= 4 is 17.5 Å². The monoisotopic (exact) mass is 573 g/mol. The van der Waals surface area contributed by atoms with Crippen molar-refractivity contribution in [2.45, 2.75) is 37.9 Å². The molecule has 2 aliphatic heterocycles. The average molecular weight is 574 g/mol. The number of benzene rings is 3. The van der Waals surface area contributed by atoms with Gasteiger partial charge in [-0.1, -0.05) is 42.5 Å². The van der Waals surface area contributed by atoms with Crippen molar-refractivity contribution in [2.24, 2.45) is 0 Å². The lowest BCUT2D eigenvalue weighted by Gasteiger charge is -2.40.